The summed E-state index contributed by atoms with van der Waals surface area (Å²) >= 11 is 6.15. The van der Waals surface area contributed by atoms with Gasteiger partial charge in [0.05, 0.1) is 6.04 Å². The zero-order chi connectivity index (χ0) is 13.8. The van der Waals surface area contributed by atoms with Gasteiger partial charge in [0.15, 0.2) is 0 Å². The fourth-order valence-electron chi connectivity index (χ4n) is 2.51. The lowest BCUT2D eigenvalue weighted by molar-refractivity contribution is -0.121. The number of benzene rings is 1. The summed E-state index contributed by atoms with van der Waals surface area (Å²) in [6.07, 6.45) is 2.99. The topological polar surface area (TPSA) is 32.3 Å². The van der Waals surface area contributed by atoms with E-state index in [4.69, 9.17) is 11.6 Å². The van der Waals surface area contributed by atoms with Crippen LogP contribution in [0.15, 0.2) is 18.2 Å². The van der Waals surface area contributed by atoms with E-state index in [9.17, 15) is 4.79 Å². The van der Waals surface area contributed by atoms with Crippen LogP contribution in [-0.2, 0) is 4.79 Å². The Kier molecular flexibility index (Phi) is 4.83. The number of carbonyl (C=O) groups excluding carboxylic acids is 1. The summed E-state index contributed by atoms with van der Waals surface area (Å²) in [5, 5.41) is 4.05. The molecule has 1 aliphatic heterocycles. The predicted molar refractivity (Wildman–Crippen MR) is 79.9 cm³/mol. The van der Waals surface area contributed by atoms with Crippen LogP contribution in [0.1, 0.15) is 31.7 Å². The fraction of sp³-hybridized carbons (Fsp3) is 0.533. The van der Waals surface area contributed by atoms with Crippen molar-refractivity contribution in [1.82, 2.24) is 5.32 Å². The molecule has 1 unspecified atom stereocenters. The minimum absolute atomic E-state index is 0.0490. The molecule has 19 heavy (non-hydrogen) atoms. The Labute approximate surface area is 119 Å². The second-order valence-electron chi connectivity index (χ2n) is 5.02. The molecule has 1 aliphatic rings. The minimum atomic E-state index is -0.0490. The molecular weight excluding hydrogens is 260 g/mol. The first-order valence-electron chi connectivity index (χ1n) is 6.95. The third-order valence-corrected chi connectivity index (χ3v) is 4.02. The molecule has 1 amide bonds. The Morgan fingerprint density at radius 1 is 1.47 bits per heavy atom. The predicted octanol–water partition coefficient (Wildman–Crippen LogP) is 3.14. The van der Waals surface area contributed by atoms with E-state index in [0.717, 1.165) is 43.6 Å². The summed E-state index contributed by atoms with van der Waals surface area (Å²) in [4.78, 5) is 14.4. The molecule has 4 heteroatoms. The highest BCUT2D eigenvalue weighted by molar-refractivity contribution is 6.31. The summed E-state index contributed by atoms with van der Waals surface area (Å²) in [7, 11) is 0. The van der Waals surface area contributed by atoms with Crippen LogP contribution in [0.2, 0.25) is 5.02 Å². The first-order valence-corrected chi connectivity index (χ1v) is 7.32. The summed E-state index contributed by atoms with van der Waals surface area (Å²) in [5.41, 5.74) is 1.93. The molecule has 1 saturated heterocycles. The van der Waals surface area contributed by atoms with E-state index in [-0.39, 0.29) is 11.9 Å². The zero-order valence-corrected chi connectivity index (χ0v) is 12.3. The summed E-state index contributed by atoms with van der Waals surface area (Å²) in [6.45, 7) is 5.75. The highest BCUT2D eigenvalue weighted by Gasteiger charge is 2.29. The molecule has 2 rings (SSSR count). The highest BCUT2D eigenvalue weighted by Crippen LogP contribution is 2.29. The van der Waals surface area contributed by atoms with Crippen molar-refractivity contribution >= 4 is 23.2 Å². The maximum absolute atomic E-state index is 12.5. The fourth-order valence-corrected chi connectivity index (χ4v) is 2.68. The van der Waals surface area contributed by atoms with Gasteiger partial charge in [-0.15, -0.1) is 0 Å². The van der Waals surface area contributed by atoms with Gasteiger partial charge in [-0.3, -0.25) is 4.79 Å². The summed E-state index contributed by atoms with van der Waals surface area (Å²) in [6, 6.07) is 5.69. The van der Waals surface area contributed by atoms with Gasteiger partial charge in [0, 0.05) is 17.3 Å². The van der Waals surface area contributed by atoms with Crippen LogP contribution in [0.4, 0.5) is 5.69 Å². The number of halogens is 1. The molecule has 104 valence electrons. The number of hydrogen-bond donors (Lipinski definition) is 1. The van der Waals surface area contributed by atoms with Crippen LogP contribution in [0, 0.1) is 6.92 Å². The quantitative estimate of drug-likeness (QED) is 0.919. The monoisotopic (exact) mass is 280 g/mol. The number of hydrogen-bond acceptors (Lipinski definition) is 2. The first kappa shape index (κ1) is 14.4. The number of amides is 1. The van der Waals surface area contributed by atoms with Crippen molar-refractivity contribution in [2.75, 3.05) is 18.0 Å². The second kappa shape index (κ2) is 6.40. The average molecular weight is 281 g/mol. The van der Waals surface area contributed by atoms with Crippen LogP contribution < -0.4 is 10.2 Å². The Morgan fingerprint density at radius 2 is 2.26 bits per heavy atom. The molecule has 0 radical (unpaired) electrons. The van der Waals surface area contributed by atoms with E-state index < -0.39 is 0 Å². The van der Waals surface area contributed by atoms with Gasteiger partial charge in [-0.2, -0.15) is 0 Å². The molecule has 0 bridgehead atoms. The van der Waals surface area contributed by atoms with Crippen LogP contribution in [0.3, 0.4) is 0 Å². The van der Waals surface area contributed by atoms with E-state index in [1.165, 1.54) is 0 Å². The lowest BCUT2D eigenvalue weighted by Crippen LogP contribution is -2.51. The molecule has 3 nitrogen and oxygen atoms in total. The van der Waals surface area contributed by atoms with Crippen molar-refractivity contribution in [3.8, 4) is 0 Å². The number of anilines is 1. The number of nitrogens with one attached hydrogen (secondary N) is 1. The van der Waals surface area contributed by atoms with Crippen LogP contribution in [0.5, 0.6) is 0 Å². The minimum Gasteiger partial charge on any atom is -0.311 e. The Bertz CT molecular complexity index is 461. The Morgan fingerprint density at radius 3 is 3.00 bits per heavy atom. The van der Waals surface area contributed by atoms with Gasteiger partial charge in [0.2, 0.25) is 5.91 Å². The highest BCUT2D eigenvalue weighted by atomic mass is 35.5. The number of piperidine rings is 1. The van der Waals surface area contributed by atoms with Crippen molar-refractivity contribution in [2.24, 2.45) is 0 Å². The number of rotatable bonds is 4. The molecule has 1 fully saturated rings. The van der Waals surface area contributed by atoms with Gasteiger partial charge >= 0.3 is 0 Å². The van der Waals surface area contributed by atoms with Crippen LogP contribution in [0.25, 0.3) is 0 Å². The van der Waals surface area contributed by atoms with E-state index in [1.807, 2.05) is 30.0 Å². The molecule has 0 aliphatic carbocycles. The van der Waals surface area contributed by atoms with Crippen molar-refractivity contribution in [3.63, 3.8) is 0 Å². The SMILES string of the molecule is CCCNC1CCCN(c2cccc(Cl)c2C)C1=O. The lowest BCUT2D eigenvalue weighted by Gasteiger charge is -2.33. The molecule has 1 heterocycles. The van der Waals surface area contributed by atoms with Crippen LogP contribution in [-0.4, -0.2) is 25.0 Å². The van der Waals surface area contributed by atoms with Gasteiger partial charge in [0.1, 0.15) is 0 Å². The molecule has 1 aromatic rings. The van der Waals surface area contributed by atoms with Crippen molar-refractivity contribution in [1.29, 1.82) is 0 Å². The van der Waals surface area contributed by atoms with E-state index in [2.05, 4.69) is 12.2 Å². The molecule has 1 atom stereocenters. The normalized spacial score (nSPS) is 19.8. The first-order chi connectivity index (χ1) is 9.15. The maximum atomic E-state index is 12.5. The van der Waals surface area contributed by atoms with E-state index in [1.54, 1.807) is 0 Å². The standard InChI is InChI=1S/C15H21ClN2O/c1-3-9-17-13-7-5-10-18(15(13)19)14-8-4-6-12(16)11(14)2/h4,6,8,13,17H,3,5,7,9-10H2,1-2H3. The zero-order valence-electron chi connectivity index (χ0n) is 11.6. The molecule has 0 saturated carbocycles. The largest absolute Gasteiger partial charge is 0.311 e. The molecule has 1 N–H and O–H groups in total. The third-order valence-electron chi connectivity index (χ3n) is 3.61. The third kappa shape index (κ3) is 3.10. The van der Waals surface area contributed by atoms with Gasteiger partial charge in [-0.25, -0.2) is 0 Å². The maximum Gasteiger partial charge on any atom is 0.244 e. The Hall–Kier alpha value is -1.06. The molecular formula is C15H21ClN2O. The number of carbonyl (C=O) groups is 1. The van der Waals surface area contributed by atoms with Crippen molar-refractivity contribution in [3.05, 3.63) is 28.8 Å². The summed E-state index contributed by atoms with van der Waals surface area (Å²) in [5.74, 6) is 0.171. The summed E-state index contributed by atoms with van der Waals surface area (Å²) < 4.78 is 0. The van der Waals surface area contributed by atoms with Crippen molar-refractivity contribution in [2.45, 2.75) is 39.2 Å². The number of nitrogens with zero attached hydrogens (tertiary/aromatic N) is 1. The molecule has 0 aromatic heterocycles. The Balaban J connectivity index is 2.19. The lowest BCUT2D eigenvalue weighted by atomic mass is 10.0. The van der Waals surface area contributed by atoms with Crippen LogP contribution >= 0.6 is 11.6 Å². The van der Waals surface area contributed by atoms with E-state index >= 15 is 0 Å². The van der Waals surface area contributed by atoms with E-state index in [0.29, 0.717) is 5.02 Å². The smallest absolute Gasteiger partial charge is 0.244 e. The average Bonchev–Trinajstić information content (AvgIpc) is 2.41. The van der Waals surface area contributed by atoms with Gasteiger partial charge in [-0.05, 0) is 50.4 Å². The van der Waals surface area contributed by atoms with Gasteiger partial charge < -0.3 is 10.2 Å². The molecule has 1 aromatic carbocycles. The van der Waals surface area contributed by atoms with Crippen molar-refractivity contribution < 1.29 is 4.79 Å². The second-order valence-corrected chi connectivity index (χ2v) is 5.43. The van der Waals surface area contributed by atoms with Gasteiger partial charge in [0.25, 0.3) is 0 Å². The molecule has 0 spiro atoms. The van der Waals surface area contributed by atoms with Gasteiger partial charge in [-0.1, -0.05) is 24.6 Å².